The van der Waals surface area contributed by atoms with E-state index in [1.54, 1.807) is 0 Å². The van der Waals surface area contributed by atoms with Gasteiger partial charge in [0, 0.05) is 17.6 Å². The van der Waals surface area contributed by atoms with Crippen molar-refractivity contribution >= 4 is 23.0 Å². The van der Waals surface area contributed by atoms with Gasteiger partial charge < -0.3 is 10.6 Å². The predicted molar refractivity (Wildman–Crippen MR) is 62.2 cm³/mol. The van der Waals surface area contributed by atoms with Crippen LogP contribution in [0, 0.1) is 5.92 Å². The minimum Gasteiger partial charge on any atom is -0.381 e. The van der Waals surface area contributed by atoms with Gasteiger partial charge in [-0.1, -0.05) is 25.4 Å². The monoisotopic (exact) mass is 210 g/mol. The zero-order chi connectivity index (χ0) is 10.1. The lowest BCUT2D eigenvalue weighted by atomic mass is 10.0. The second-order valence-corrected chi connectivity index (χ2v) is 4.50. The van der Waals surface area contributed by atoms with E-state index in [-0.39, 0.29) is 0 Å². The Balaban J connectivity index is 2.23. The van der Waals surface area contributed by atoms with Crippen LogP contribution in [-0.2, 0) is 0 Å². The van der Waals surface area contributed by atoms with Gasteiger partial charge in [-0.05, 0) is 24.1 Å². The van der Waals surface area contributed by atoms with E-state index in [2.05, 4.69) is 24.5 Å². The molecule has 1 aliphatic rings. The Morgan fingerprint density at radius 1 is 1.36 bits per heavy atom. The Morgan fingerprint density at radius 2 is 2.14 bits per heavy atom. The standard InChI is InChI=1S/C11H15ClN2/c1-7(2)11-6-13-10-5-8(12)3-4-9(10)14-11/h3-5,7,11,13-14H,6H2,1-2H3. The summed E-state index contributed by atoms with van der Waals surface area (Å²) < 4.78 is 0. The van der Waals surface area contributed by atoms with Crippen LogP contribution in [0.4, 0.5) is 11.4 Å². The Hall–Kier alpha value is -0.890. The Labute approximate surface area is 89.7 Å². The van der Waals surface area contributed by atoms with Gasteiger partial charge in [-0.25, -0.2) is 0 Å². The first kappa shape index (κ1) is 9.66. The lowest BCUT2D eigenvalue weighted by Crippen LogP contribution is -2.36. The molecule has 3 heteroatoms. The molecule has 0 aliphatic carbocycles. The molecule has 1 atom stereocenters. The molecule has 2 N–H and O–H groups in total. The highest BCUT2D eigenvalue weighted by Gasteiger charge is 2.19. The van der Waals surface area contributed by atoms with Crippen molar-refractivity contribution < 1.29 is 0 Å². The normalized spacial score (nSPS) is 19.9. The quantitative estimate of drug-likeness (QED) is 0.744. The lowest BCUT2D eigenvalue weighted by molar-refractivity contribution is 0.536. The molecule has 0 aromatic heterocycles. The number of benzene rings is 1. The highest BCUT2D eigenvalue weighted by Crippen LogP contribution is 2.30. The fourth-order valence-corrected chi connectivity index (χ4v) is 1.83. The largest absolute Gasteiger partial charge is 0.381 e. The summed E-state index contributed by atoms with van der Waals surface area (Å²) >= 11 is 5.91. The summed E-state index contributed by atoms with van der Waals surface area (Å²) in [4.78, 5) is 0. The van der Waals surface area contributed by atoms with Crippen molar-refractivity contribution in [3.8, 4) is 0 Å². The summed E-state index contributed by atoms with van der Waals surface area (Å²) in [7, 11) is 0. The van der Waals surface area contributed by atoms with E-state index in [1.807, 2.05) is 18.2 Å². The van der Waals surface area contributed by atoms with Crippen molar-refractivity contribution in [1.29, 1.82) is 0 Å². The molecule has 1 aromatic rings. The summed E-state index contributed by atoms with van der Waals surface area (Å²) in [5.74, 6) is 0.631. The molecule has 0 radical (unpaired) electrons. The van der Waals surface area contributed by atoms with Crippen molar-refractivity contribution in [2.75, 3.05) is 17.2 Å². The van der Waals surface area contributed by atoms with Gasteiger partial charge >= 0.3 is 0 Å². The first-order valence-corrected chi connectivity index (χ1v) is 5.34. The third-order valence-corrected chi connectivity index (χ3v) is 2.87. The number of nitrogens with one attached hydrogen (secondary N) is 2. The van der Waals surface area contributed by atoms with Crippen molar-refractivity contribution in [1.82, 2.24) is 0 Å². The van der Waals surface area contributed by atoms with Crippen LogP contribution in [0.5, 0.6) is 0 Å². The van der Waals surface area contributed by atoms with Crippen LogP contribution in [0.2, 0.25) is 5.02 Å². The molecule has 1 aromatic carbocycles. The smallest absolute Gasteiger partial charge is 0.0591 e. The Bertz CT molecular complexity index is 336. The summed E-state index contributed by atoms with van der Waals surface area (Å²) in [5, 5.41) is 7.67. The van der Waals surface area contributed by atoms with E-state index in [4.69, 9.17) is 11.6 Å². The van der Waals surface area contributed by atoms with E-state index in [9.17, 15) is 0 Å². The fraction of sp³-hybridized carbons (Fsp3) is 0.455. The van der Waals surface area contributed by atoms with Gasteiger partial charge in [0.2, 0.25) is 0 Å². The zero-order valence-corrected chi connectivity index (χ0v) is 9.23. The summed E-state index contributed by atoms with van der Waals surface area (Å²) in [6, 6.07) is 6.40. The SMILES string of the molecule is CC(C)C1CNc2cc(Cl)ccc2N1. The second kappa shape index (κ2) is 3.70. The molecule has 2 rings (SSSR count). The molecule has 0 saturated heterocycles. The molecule has 2 nitrogen and oxygen atoms in total. The summed E-state index contributed by atoms with van der Waals surface area (Å²) in [6.07, 6.45) is 0. The van der Waals surface area contributed by atoms with E-state index >= 15 is 0 Å². The molecule has 1 heterocycles. The number of hydrogen-bond donors (Lipinski definition) is 2. The van der Waals surface area contributed by atoms with Crippen molar-refractivity contribution in [2.45, 2.75) is 19.9 Å². The maximum atomic E-state index is 5.91. The molecule has 0 saturated carbocycles. The molecular weight excluding hydrogens is 196 g/mol. The van der Waals surface area contributed by atoms with E-state index < -0.39 is 0 Å². The van der Waals surface area contributed by atoms with Crippen molar-refractivity contribution in [2.24, 2.45) is 5.92 Å². The zero-order valence-electron chi connectivity index (χ0n) is 8.47. The maximum absolute atomic E-state index is 5.91. The highest BCUT2D eigenvalue weighted by atomic mass is 35.5. The second-order valence-electron chi connectivity index (χ2n) is 4.07. The average Bonchev–Trinajstić information content (AvgIpc) is 2.16. The first-order valence-electron chi connectivity index (χ1n) is 4.97. The van der Waals surface area contributed by atoms with Crippen LogP contribution in [-0.4, -0.2) is 12.6 Å². The van der Waals surface area contributed by atoms with Gasteiger partial charge in [0.25, 0.3) is 0 Å². The van der Waals surface area contributed by atoms with Gasteiger partial charge in [-0.15, -0.1) is 0 Å². The predicted octanol–water partition coefficient (Wildman–Crippen LogP) is 3.20. The summed E-state index contributed by atoms with van der Waals surface area (Å²) in [5.41, 5.74) is 2.26. The highest BCUT2D eigenvalue weighted by molar-refractivity contribution is 6.31. The molecular formula is C11H15ClN2. The van der Waals surface area contributed by atoms with Gasteiger partial charge in [0.05, 0.1) is 11.4 Å². The van der Waals surface area contributed by atoms with Gasteiger partial charge in [-0.2, -0.15) is 0 Å². The average molecular weight is 211 g/mol. The molecule has 0 fully saturated rings. The van der Waals surface area contributed by atoms with E-state index in [0.29, 0.717) is 12.0 Å². The number of fused-ring (bicyclic) bond motifs is 1. The van der Waals surface area contributed by atoms with Gasteiger partial charge in [0.1, 0.15) is 0 Å². The van der Waals surface area contributed by atoms with E-state index in [0.717, 1.165) is 22.9 Å². The van der Waals surface area contributed by atoms with Crippen LogP contribution in [0.25, 0.3) is 0 Å². The summed E-state index contributed by atoms with van der Waals surface area (Å²) in [6.45, 7) is 5.41. The van der Waals surface area contributed by atoms with Gasteiger partial charge in [0.15, 0.2) is 0 Å². The topological polar surface area (TPSA) is 24.1 Å². The Kier molecular flexibility index (Phi) is 2.55. The van der Waals surface area contributed by atoms with Gasteiger partial charge in [-0.3, -0.25) is 0 Å². The third-order valence-electron chi connectivity index (χ3n) is 2.64. The molecule has 76 valence electrons. The first-order chi connectivity index (χ1) is 6.66. The number of halogens is 1. The molecule has 0 spiro atoms. The van der Waals surface area contributed by atoms with Crippen LogP contribution >= 0.6 is 11.6 Å². The van der Waals surface area contributed by atoms with E-state index in [1.165, 1.54) is 0 Å². The van der Waals surface area contributed by atoms with Crippen LogP contribution in [0.1, 0.15) is 13.8 Å². The number of anilines is 2. The Morgan fingerprint density at radius 3 is 2.86 bits per heavy atom. The fourth-order valence-electron chi connectivity index (χ4n) is 1.66. The van der Waals surface area contributed by atoms with Crippen molar-refractivity contribution in [3.63, 3.8) is 0 Å². The van der Waals surface area contributed by atoms with Crippen LogP contribution in [0.3, 0.4) is 0 Å². The van der Waals surface area contributed by atoms with Crippen LogP contribution < -0.4 is 10.6 Å². The molecule has 0 amide bonds. The van der Waals surface area contributed by atoms with Crippen molar-refractivity contribution in [3.05, 3.63) is 23.2 Å². The maximum Gasteiger partial charge on any atom is 0.0591 e. The molecule has 1 aliphatic heterocycles. The number of hydrogen-bond acceptors (Lipinski definition) is 2. The molecule has 0 bridgehead atoms. The number of rotatable bonds is 1. The lowest BCUT2D eigenvalue weighted by Gasteiger charge is -2.31. The molecule has 14 heavy (non-hydrogen) atoms. The third kappa shape index (κ3) is 1.80. The minimum absolute atomic E-state index is 0.503. The molecule has 1 unspecified atom stereocenters. The minimum atomic E-state index is 0.503. The van der Waals surface area contributed by atoms with Crippen LogP contribution in [0.15, 0.2) is 18.2 Å².